The largest absolute Gasteiger partial charge is 0.448 e. The first-order chi connectivity index (χ1) is 9.06. The van der Waals surface area contributed by atoms with Crippen LogP contribution in [-0.2, 0) is 9.53 Å². The molecule has 0 unspecified atom stereocenters. The number of hydrogen-bond donors (Lipinski definition) is 2. The van der Waals surface area contributed by atoms with Crippen LogP contribution < -0.4 is 11.1 Å². The van der Waals surface area contributed by atoms with Crippen molar-refractivity contribution in [3.8, 4) is 0 Å². The highest BCUT2D eigenvalue weighted by molar-refractivity contribution is 5.94. The minimum absolute atomic E-state index is 0.131. The van der Waals surface area contributed by atoms with Gasteiger partial charge < -0.3 is 20.7 Å². The SMILES string of the molecule is Nc1cc(F)ccc1NC(=O)CCN1CCOC1=O. The number of carbonyl (C=O) groups excluding carboxylic acids is 2. The minimum Gasteiger partial charge on any atom is -0.448 e. The first-order valence-corrected chi connectivity index (χ1v) is 5.83. The molecule has 1 heterocycles. The Morgan fingerprint density at radius 3 is 2.95 bits per heavy atom. The van der Waals surface area contributed by atoms with Crippen molar-refractivity contribution in [1.29, 1.82) is 0 Å². The molecule has 7 heteroatoms. The Balaban J connectivity index is 1.85. The fraction of sp³-hybridized carbons (Fsp3) is 0.333. The third kappa shape index (κ3) is 3.34. The normalized spacial score (nSPS) is 14.4. The van der Waals surface area contributed by atoms with Crippen LogP contribution in [0.25, 0.3) is 0 Å². The summed E-state index contributed by atoms with van der Waals surface area (Å²) in [6, 6.07) is 3.74. The molecular formula is C12H14FN3O3. The zero-order valence-electron chi connectivity index (χ0n) is 10.2. The van der Waals surface area contributed by atoms with Gasteiger partial charge in [0.05, 0.1) is 17.9 Å². The number of amides is 2. The molecule has 0 spiro atoms. The quantitative estimate of drug-likeness (QED) is 0.802. The van der Waals surface area contributed by atoms with Crippen LogP contribution in [0.4, 0.5) is 20.6 Å². The molecule has 1 fully saturated rings. The lowest BCUT2D eigenvalue weighted by Crippen LogP contribution is -2.28. The van der Waals surface area contributed by atoms with Crippen LogP contribution >= 0.6 is 0 Å². The van der Waals surface area contributed by atoms with E-state index in [-0.39, 0.29) is 24.6 Å². The molecule has 0 bridgehead atoms. The van der Waals surface area contributed by atoms with Crippen LogP contribution in [0.1, 0.15) is 6.42 Å². The van der Waals surface area contributed by atoms with Gasteiger partial charge in [0.2, 0.25) is 5.91 Å². The maximum Gasteiger partial charge on any atom is 0.409 e. The molecule has 102 valence electrons. The van der Waals surface area contributed by atoms with Crippen LogP contribution in [0.3, 0.4) is 0 Å². The highest BCUT2D eigenvalue weighted by Gasteiger charge is 2.22. The van der Waals surface area contributed by atoms with E-state index in [0.29, 0.717) is 18.8 Å². The molecule has 1 aromatic carbocycles. The molecule has 0 atom stereocenters. The number of halogens is 1. The number of nitrogens with one attached hydrogen (secondary N) is 1. The molecule has 1 saturated heterocycles. The van der Waals surface area contributed by atoms with Crippen molar-refractivity contribution in [3.63, 3.8) is 0 Å². The zero-order valence-corrected chi connectivity index (χ0v) is 10.2. The number of benzene rings is 1. The van der Waals surface area contributed by atoms with Crippen LogP contribution in [0, 0.1) is 5.82 Å². The van der Waals surface area contributed by atoms with Gasteiger partial charge in [0.15, 0.2) is 0 Å². The van der Waals surface area contributed by atoms with Gasteiger partial charge in [-0.15, -0.1) is 0 Å². The summed E-state index contributed by atoms with van der Waals surface area (Å²) < 4.78 is 17.6. The van der Waals surface area contributed by atoms with Crippen LogP contribution in [0.15, 0.2) is 18.2 Å². The maximum atomic E-state index is 12.8. The van der Waals surface area contributed by atoms with E-state index in [9.17, 15) is 14.0 Å². The minimum atomic E-state index is -0.463. The van der Waals surface area contributed by atoms with Crippen molar-refractivity contribution in [2.75, 3.05) is 30.7 Å². The van der Waals surface area contributed by atoms with Gasteiger partial charge >= 0.3 is 6.09 Å². The lowest BCUT2D eigenvalue weighted by atomic mass is 10.2. The Kier molecular flexibility index (Phi) is 3.84. The molecule has 1 aromatic rings. The van der Waals surface area contributed by atoms with Crippen molar-refractivity contribution in [2.45, 2.75) is 6.42 Å². The lowest BCUT2D eigenvalue weighted by Gasteiger charge is -2.12. The summed E-state index contributed by atoms with van der Waals surface area (Å²) in [5.41, 5.74) is 6.09. The molecule has 0 aliphatic carbocycles. The van der Waals surface area contributed by atoms with Crippen molar-refractivity contribution >= 4 is 23.4 Å². The van der Waals surface area contributed by atoms with Gasteiger partial charge in [0.1, 0.15) is 12.4 Å². The summed E-state index contributed by atoms with van der Waals surface area (Å²) in [6.45, 7) is 1.13. The molecule has 1 aliphatic rings. The predicted octanol–water partition coefficient (Wildman–Crippen LogP) is 1.19. The number of hydrogen-bond acceptors (Lipinski definition) is 4. The highest BCUT2D eigenvalue weighted by Crippen LogP contribution is 2.19. The Labute approximate surface area is 109 Å². The topological polar surface area (TPSA) is 84.7 Å². The number of rotatable bonds is 4. The lowest BCUT2D eigenvalue weighted by molar-refractivity contribution is -0.116. The molecule has 3 N–H and O–H groups in total. The van der Waals surface area contributed by atoms with Crippen LogP contribution in [0.2, 0.25) is 0 Å². The number of cyclic esters (lactones) is 1. The van der Waals surface area contributed by atoms with Gasteiger partial charge in [-0.25, -0.2) is 9.18 Å². The second kappa shape index (κ2) is 5.55. The summed E-state index contributed by atoms with van der Waals surface area (Å²) in [4.78, 5) is 24.3. The van der Waals surface area contributed by atoms with Crippen molar-refractivity contribution < 1.29 is 18.7 Å². The molecule has 0 radical (unpaired) electrons. The molecule has 2 amide bonds. The van der Waals surface area contributed by atoms with Gasteiger partial charge in [-0.3, -0.25) is 4.79 Å². The number of anilines is 2. The maximum absolute atomic E-state index is 12.8. The molecule has 2 rings (SSSR count). The number of carbonyl (C=O) groups is 2. The number of nitrogens with zero attached hydrogens (tertiary/aromatic N) is 1. The monoisotopic (exact) mass is 267 g/mol. The summed E-state index contributed by atoms with van der Waals surface area (Å²) in [6.07, 6.45) is -0.277. The van der Waals surface area contributed by atoms with Gasteiger partial charge in [-0.05, 0) is 18.2 Å². The number of ether oxygens (including phenoxy) is 1. The van der Waals surface area contributed by atoms with Crippen LogP contribution in [0.5, 0.6) is 0 Å². The summed E-state index contributed by atoms with van der Waals surface area (Å²) in [5, 5.41) is 2.57. The molecule has 0 saturated carbocycles. The number of nitrogens with two attached hydrogens (primary N) is 1. The van der Waals surface area contributed by atoms with E-state index < -0.39 is 11.9 Å². The van der Waals surface area contributed by atoms with E-state index in [0.717, 1.165) is 6.07 Å². The average Bonchev–Trinajstić information content (AvgIpc) is 2.76. The standard InChI is InChI=1S/C12H14FN3O3/c13-8-1-2-10(9(14)7-8)15-11(17)3-4-16-5-6-19-12(16)18/h1-2,7H,3-6,14H2,(H,15,17). The molecular weight excluding hydrogens is 253 g/mol. The third-order valence-electron chi connectivity index (χ3n) is 2.74. The Bertz CT molecular complexity index is 507. The first kappa shape index (κ1) is 13.1. The van der Waals surface area contributed by atoms with E-state index in [2.05, 4.69) is 5.32 Å². The Morgan fingerprint density at radius 1 is 1.53 bits per heavy atom. The Morgan fingerprint density at radius 2 is 2.32 bits per heavy atom. The van der Waals surface area contributed by atoms with Gasteiger partial charge in [0.25, 0.3) is 0 Å². The van der Waals surface area contributed by atoms with E-state index >= 15 is 0 Å². The fourth-order valence-electron chi connectivity index (χ4n) is 1.73. The second-order valence-corrected chi connectivity index (χ2v) is 4.13. The molecule has 19 heavy (non-hydrogen) atoms. The van der Waals surface area contributed by atoms with Crippen molar-refractivity contribution in [2.24, 2.45) is 0 Å². The second-order valence-electron chi connectivity index (χ2n) is 4.13. The summed E-state index contributed by atoms with van der Waals surface area (Å²) in [5.74, 6) is -0.756. The van der Waals surface area contributed by atoms with Gasteiger partial charge in [-0.1, -0.05) is 0 Å². The van der Waals surface area contributed by atoms with E-state index in [4.69, 9.17) is 10.5 Å². The summed E-state index contributed by atoms with van der Waals surface area (Å²) in [7, 11) is 0. The van der Waals surface area contributed by atoms with Crippen LogP contribution in [-0.4, -0.2) is 36.6 Å². The average molecular weight is 267 g/mol. The van der Waals surface area contributed by atoms with Gasteiger partial charge in [-0.2, -0.15) is 0 Å². The molecule has 1 aliphatic heterocycles. The van der Waals surface area contributed by atoms with Gasteiger partial charge in [0, 0.05) is 13.0 Å². The van der Waals surface area contributed by atoms with E-state index in [1.54, 1.807) is 0 Å². The zero-order chi connectivity index (χ0) is 13.8. The van der Waals surface area contributed by atoms with Crippen molar-refractivity contribution in [3.05, 3.63) is 24.0 Å². The predicted molar refractivity (Wildman–Crippen MR) is 67.0 cm³/mol. The smallest absolute Gasteiger partial charge is 0.409 e. The third-order valence-corrected chi connectivity index (χ3v) is 2.74. The molecule has 6 nitrogen and oxygen atoms in total. The summed E-state index contributed by atoms with van der Waals surface area (Å²) >= 11 is 0. The number of nitrogen functional groups attached to an aromatic ring is 1. The fourth-order valence-corrected chi connectivity index (χ4v) is 1.73. The highest BCUT2D eigenvalue weighted by atomic mass is 19.1. The van der Waals surface area contributed by atoms with Crippen molar-refractivity contribution in [1.82, 2.24) is 4.90 Å². The Hall–Kier alpha value is -2.31. The molecule has 0 aromatic heterocycles. The van der Waals surface area contributed by atoms with E-state index in [1.807, 2.05) is 0 Å². The van der Waals surface area contributed by atoms with E-state index in [1.165, 1.54) is 17.0 Å². The first-order valence-electron chi connectivity index (χ1n) is 5.83.